The Morgan fingerprint density at radius 2 is 1.00 bits per heavy atom. The molecule has 2 atom stereocenters. The fourth-order valence-electron chi connectivity index (χ4n) is 4.94. The Kier molecular flexibility index (Phi) is 29.0. The van der Waals surface area contributed by atoms with Crippen molar-refractivity contribution >= 4 is 5.91 Å². The summed E-state index contributed by atoms with van der Waals surface area (Å²) in [5.41, 5.74) is 0. The van der Waals surface area contributed by atoms with E-state index in [-0.39, 0.29) is 12.5 Å². The van der Waals surface area contributed by atoms with Gasteiger partial charge in [-0.3, -0.25) is 4.79 Å². The third-order valence-electron chi connectivity index (χ3n) is 7.52. The van der Waals surface area contributed by atoms with E-state index in [9.17, 15) is 15.0 Å². The second kappa shape index (κ2) is 29.7. The van der Waals surface area contributed by atoms with Crippen LogP contribution in [0.2, 0.25) is 0 Å². The maximum atomic E-state index is 12.2. The number of nitrogens with one attached hydrogen (secondary N) is 1. The first kappa shape index (κ1) is 36.1. The number of carbonyl (C=O) groups is 1. The lowest BCUT2D eigenvalue weighted by atomic mass is 10.0. The summed E-state index contributed by atoms with van der Waals surface area (Å²) in [5.74, 6) is -0.0655. The first-order chi connectivity index (χ1) is 18.2. The Labute approximate surface area is 231 Å². The van der Waals surface area contributed by atoms with Crippen LogP contribution < -0.4 is 5.32 Å². The number of aliphatic hydroxyl groups excluding tert-OH is 2. The zero-order chi connectivity index (χ0) is 27.2. The van der Waals surface area contributed by atoms with E-state index in [4.69, 9.17) is 0 Å². The molecule has 0 aliphatic heterocycles. The maximum absolute atomic E-state index is 12.2. The Morgan fingerprint density at radius 3 is 1.41 bits per heavy atom. The van der Waals surface area contributed by atoms with Crippen LogP contribution >= 0.6 is 0 Å². The van der Waals surface area contributed by atoms with Gasteiger partial charge < -0.3 is 15.5 Å². The third kappa shape index (κ3) is 26.5. The molecular weight excluding hydrogens is 458 g/mol. The first-order valence-corrected chi connectivity index (χ1v) is 16.4. The van der Waals surface area contributed by atoms with E-state index in [1.807, 2.05) is 6.08 Å². The number of carbonyl (C=O) groups excluding carboxylic acids is 1. The molecule has 0 aromatic heterocycles. The number of unbranched alkanes of at least 4 members (excludes halogenated alkanes) is 22. The molecule has 0 aliphatic carbocycles. The second-order valence-electron chi connectivity index (χ2n) is 11.2. The molecule has 0 aromatic rings. The summed E-state index contributed by atoms with van der Waals surface area (Å²) in [6.45, 7) is 4.28. The summed E-state index contributed by atoms with van der Waals surface area (Å²) in [4.78, 5) is 12.2. The molecule has 0 bridgehead atoms. The SMILES string of the molecule is CCCCCCCCCC/C=C/[C@@H](O)[C@H](CO)NC(=O)CCCCCCCCCCCCCCCCC. The summed E-state index contributed by atoms with van der Waals surface area (Å²) >= 11 is 0. The molecule has 0 saturated heterocycles. The minimum Gasteiger partial charge on any atom is -0.394 e. The van der Waals surface area contributed by atoms with Gasteiger partial charge in [-0.05, 0) is 19.3 Å². The molecule has 0 aliphatic rings. The van der Waals surface area contributed by atoms with Crippen molar-refractivity contribution < 1.29 is 15.0 Å². The normalized spacial score (nSPS) is 13.3. The lowest BCUT2D eigenvalue weighted by Gasteiger charge is -2.20. The van der Waals surface area contributed by atoms with Crippen LogP contribution in [0.1, 0.15) is 174 Å². The van der Waals surface area contributed by atoms with Crippen molar-refractivity contribution in [3.8, 4) is 0 Å². The van der Waals surface area contributed by atoms with E-state index < -0.39 is 12.1 Å². The predicted molar refractivity (Wildman–Crippen MR) is 161 cm³/mol. The average molecular weight is 524 g/mol. The fraction of sp³-hybridized carbons (Fsp3) is 0.909. The largest absolute Gasteiger partial charge is 0.394 e. The predicted octanol–water partition coefficient (Wildman–Crippen LogP) is 9.17. The minimum atomic E-state index is -0.830. The van der Waals surface area contributed by atoms with Crippen molar-refractivity contribution in [3.05, 3.63) is 12.2 Å². The lowest BCUT2D eigenvalue weighted by molar-refractivity contribution is -0.123. The van der Waals surface area contributed by atoms with E-state index in [0.717, 1.165) is 25.7 Å². The Morgan fingerprint density at radius 1 is 0.622 bits per heavy atom. The summed E-state index contributed by atoms with van der Waals surface area (Å²) in [7, 11) is 0. The van der Waals surface area contributed by atoms with E-state index in [2.05, 4.69) is 19.2 Å². The molecule has 0 radical (unpaired) electrons. The number of hydrogen-bond acceptors (Lipinski definition) is 3. The Balaban J connectivity index is 3.61. The molecule has 0 spiro atoms. The molecule has 0 rings (SSSR count). The van der Waals surface area contributed by atoms with Gasteiger partial charge in [0.15, 0.2) is 0 Å². The lowest BCUT2D eigenvalue weighted by Crippen LogP contribution is -2.45. The van der Waals surface area contributed by atoms with Gasteiger partial charge in [-0.2, -0.15) is 0 Å². The van der Waals surface area contributed by atoms with Crippen LogP contribution in [0.5, 0.6) is 0 Å². The second-order valence-corrected chi connectivity index (χ2v) is 11.2. The van der Waals surface area contributed by atoms with Crippen molar-refractivity contribution in [1.82, 2.24) is 5.32 Å². The topological polar surface area (TPSA) is 69.6 Å². The van der Waals surface area contributed by atoms with E-state index >= 15 is 0 Å². The van der Waals surface area contributed by atoms with Gasteiger partial charge in [-0.25, -0.2) is 0 Å². The molecule has 1 amide bonds. The Bertz CT molecular complexity index is 494. The van der Waals surface area contributed by atoms with Crippen molar-refractivity contribution in [2.75, 3.05) is 6.61 Å². The van der Waals surface area contributed by atoms with Gasteiger partial charge in [0.2, 0.25) is 5.91 Å². The average Bonchev–Trinajstić information content (AvgIpc) is 2.90. The van der Waals surface area contributed by atoms with Gasteiger partial charge in [0, 0.05) is 6.42 Å². The zero-order valence-electron chi connectivity index (χ0n) is 25.0. The number of allylic oxidation sites excluding steroid dienone is 1. The van der Waals surface area contributed by atoms with Gasteiger partial charge in [0.1, 0.15) is 0 Å². The van der Waals surface area contributed by atoms with Crippen molar-refractivity contribution in [2.45, 2.75) is 187 Å². The van der Waals surface area contributed by atoms with Gasteiger partial charge in [0.05, 0.1) is 18.8 Å². The molecule has 0 heterocycles. The quantitative estimate of drug-likeness (QED) is 0.0676. The summed E-state index contributed by atoms with van der Waals surface area (Å²) in [5, 5.41) is 22.7. The highest BCUT2D eigenvalue weighted by molar-refractivity contribution is 5.76. The van der Waals surface area contributed by atoms with Gasteiger partial charge >= 0.3 is 0 Å². The van der Waals surface area contributed by atoms with E-state index in [1.165, 1.54) is 128 Å². The molecule has 220 valence electrons. The van der Waals surface area contributed by atoms with E-state index in [0.29, 0.717) is 6.42 Å². The molecule has 4 nitrogen and oxygen atoms in total. The van der Waals surface area contributed by atoms with Crippen LogP contribution in [0.25, 0.3) is 0 Å². The molecule has 0 saturated carbocycles. The molecule has 3 N–H and O–H groups in total. The van der Waals surface area contributed by atoms with Crippen LogP contribution in [0.3, 0.4) is 0 Å². The van der Waals surface area contributed by atoms with Crippen molar-refractivity contribution in [2.24, 2.45) is 0 Å². The molecule has 0 unspecified atom stereocenters. The number of hydrogen-bond donors (Lipinski definition) is 3. The van der Waals surface area contributed by atoms with Gasteiger partial charge in [-0.15, -0.1) is 0 Å². The molecule has 0 aromatic carbocycles. The maximum Gasteiger partial charge on any atom is 0.220 e. The highest BCUT2D eigenvalue weighted by Crippen LogP contribution is 2.14. The third-order valence-corrected chi connectivity index (χ3v) is 7.52. The van der Waals surface area contributed by atoms with Crippen LogP contribution in [-0.4, -0.2) is 34.9 Å². The molecule has 0 fully saturated rings. The van der Waals surface area contributed by atoms with Gasteiger partial charge in [-0.1, -0.05) is 161 Å². The van der Waals surface area contributed by atoms with Gasteiger partial charge in [0.25, 0.3) is 0 Å². The highest BCUT2D eigenvalue weighted by atomic mass is 16.3. The van der Waals surface area contributed by atoms with Crippen LogP contribution in [-0.2, 0) is 4.79 Å². The smallest absolute Gasteiger partial charge is 0.220 e. The highest BCUT2D eigenvalue weighted by Gasteiger charge is 2.17. The summed E-state index contributed by atoms with van der Waals surface area (Å²) in [6.07, 6.45) is 34.3. The van der Waals surface area contributed by atoms with Crippen LogP contribution in [0.15, 0.2) is 12.2 Å². The monoisotopic (exact) mass is 523 g/mol. The zero-order valence-corrected chi connectivity index (χ0v) is 25.0. The Hall–Kier alpha value is -0.870. The number of aliphatic hydroxyl groups is 2. The number of rotatable bonds is 29. The molecule has 37 heavy (non-hydrogen) atoms. The number of amides is 1. The van der Waals surface area contributed by atoms with E-state index in [1.54, 1.807) is 6.08 Å². The fourth-order valence-corrected chi connectivity index (χ4v) is 4.94. The standard InChI is InChI=1S/C33H65NO3/c1-3-5-7-9-11-13-15-16-17-18-19-21-23-25-27-29-33(37)34-31(30-35)32(36)28-26-24-22-20-14-12-10-8-6-4-2/h26,28,31-32,35-36H,3-25,27,29-30H2,1-2H3,(H,34,37)/b28-26+/t31-,32+/m0/s1. The van der Waals surface area contributed by atoms with Crippen LogP contribution in [0.4, 0.5) is 0 Å². The minimum absolute atomic E-state index is 0.0655. The van der Waals surface area contributed by atoms with Crippen LogP contribution in [0, 0.1) is 0 Å². The summed E-state index contributed by atoms with van der Waals surface area (Å²) < 4.78 is 0. The molecule has 4 heteroatoms. The molecular formula is C33H65NO3. The van der Waals surface area contributed by atoms with Crippen molar-refractivity contribution in [1.29, 1.82) is 0 Å². The first-order valence-electron chi connectivity index (χ1n) is 16.4. The summed E-state index contributed by atoms with van der Waals surface area (Å²) in [6, 6.07) is -0.612. The van der Waals surface area contributed by atoms with Crippen molar-refractivity contribution in [3.63, 3.8) is 0 Å².